The van der Waals surface area contributed by atoms with E-state index in [4.69, 9.17) is 4.74 Å². The van der Waals surface area contributed by atoms with Crippen LogP contribution in [0.15, 0.2) is 41.4 Å². The topological polar surface area (TPSA) is 21.6 Å². The fourth-order valence-corrected chi connectivity index (χ4v) is 0.984. The summed E-state index contributed by atoms with van der Waals surface area (Å²) in [5, 5.41) is 0. The van der Waals surface area contributed by atoms with Crippen molar-refractivity contribution in [2.45, 2.75) is 6.42 Å². The Labute approximate surface area is 59.2 Å². The molecule has 0 atom stereocenters. The molecule has 10 heavy (non-hydrogen) atoms. The molecule has 2 nitrogen and oxygen atoms in total. The lowest BCUT2D eigenvalue weighted by molar-refractivity contribution is 0.396. The van der Waals surface area contributed by atoms with Crippen LogP contribution >= 0.6 is 0 Å². The molecule has 0 aromatic heterocycles. The molecule has 0 saturated heterocycles. The third-order valence-corrected chi connectivity index (χ3v) is 1.50. The van der Waals surface area contributed by atoms with Crippen molar-refractivity contribution in [3.63, 3.8) is 0 Å². The Bertz CT molecular complexity index is 258. The molecule has 2 heteroatoms. The molecule has 0 unspecified atom stereocenters. The first-order valence-corrected chi connectivity index (χ1v) is 3.21. The first-order valence-electron chi connectivity index (χ1n) is 3.21. The minimum atomic E-state index is 0.934. The summed E-state index contributed by atoms with van der Waals surface area (Å²) in [6.45, 7) is 0. The van der Waals surface area contributed by atoms with Gasteiger partial charge in [0.2, 0.25) is 0 Å². The smallest absolute Gasteiger partial charge is 0.0958 e. The Hall–Kier alpha value is -1.31. The molecule has 0 saturated carbocycles. The highest BCUT2D eigenvalue weighted by Crippen LogP contribution is 2.15. The predicted molar refractivity (Wildman–Crippen MR) is 39.5 cm³/mol. The number of aliphatic imine (C=N–C) groups is 1. The molecule has 0 aromatic rings. The highest BCUT2D eigenvalue weighted by molar-refractivity contribution is 6.09. The summed E-state index contributed by atoms with van der Waals surface area (Å²) >= 11 is 0. The van der Waals surface area contributed by atoms with Gasteiger partial charge in [0, 0.05) is 11.8 Å². The molecule has 0 spiro atoms. The highest BCUT2D eigenvalue weighted by Gasteiger charge is 2.08. The summed E-state index contributed by atoms with van der Waals surface area (Å²) in [5.41, 5.74) is 2.18. The second-order valence-electron chi connectivity index (χ2n) is 2.19. The van der Waals surface area contributed by atoms with Crippen molar-refractivity contribution < 1.29 is 4.74 Å². The Morgan fingerprint density at radius 2 is 2.50 bits per heavy atom. The molecule has 0 N–H and O–H groups in total. The normalized spacial score (nSPS) is 20.8. The standard InChI is InChI=1S/C8H7NO/c1-2-7-6-10-5-3-8(7)9-4-1/h1,3-6H,2H2. The lowest BCUT2D eigenvalue weighted by Crippen LogP contribution is -2.04. The summed E-state index contributed by atoms with van der Waals surface area (Å²) in [5.74, 6) is 0. The average molecular weight is 133 g/mol. The maximum atomic E-state index is 4.98. The van der Waals surface area contributed by atoms with Crippen molar-refractivity contribution in [3.05, 3.63) is 36.4 Å². The van der Waals surface area contributed by atoms with Gasteiger partial charge in [0.15, 0.2) is 0 Å². The SMILES string of the molecule is C1=CN=C2C=COC=C2C1. The molecule has 0 bridgehead atoms. The summed E-state index contributed by atoms with van der Waals surface area (Å²) < 4.78 is 4.98. The third kappa shape index (κ3) is 0.778. The highest BCUT2D eigenvalue weighted by atomic mass is 16.5. The van der Waals surface area contributed by atoms with E-state index in [1.807, 2.05) is 18.4 Å². The number of hydrogen-bond donors (Lipinski definition) is 0. The van der Waals surface area contributed by atoms with Crippen LogP contribution in [0.2, 0.25) is 0 Å². The lowest BCUT2D eigenvalue weighted by atomic mass is 10.1. The second-order valence-corrected chi connectivity index (χ2v) is 2.19. The van der Waals surface area contributed by atoms with Crippen LogP contribution in [0.4, 0.5) is 0 Å². The van der Waals surface area contributed by atoms with E-state index in [1.165, 1.54) is 0 Å². The fourth-order valence-electron chi connectivity index (χ4n) is 0.984. The monoisotopic (exact) mass is 133 g/mol. The van der Waals surface area contributed by atoms with Gasteiger partial charge in [0.1, 0.15) is 0 Å². The molecular weight excluding hydrogens is 126 g/mol. The van der Waals surface area contributed by atoms with Crippen molar-refractivity contribution in [2.75, 3.05) is 0 Å². The van der Waals surface area contributed by atoms with Crippen LogP contribution in [-0.2, 0) is 4.74 Å². The molecule has 0 radical (unpaired) electrons. The van der Waals surface area contributed by atoms with Crippen molar-refractivity contribution in [1.82, 2.24) is 0 Å². The van der Waals surface area contributed by atoms with Crippen LogP contribution < -0.4 is 0 Å². The Morgan fingerprint density at radius 3 is 3.40 bits per heavy atom. The Morgan fingerprint density at radius 1 is 1.50 bits per heavy atom. The molecule has 0 aliphatic carbocycles. The molecule has 0 amide bonds. The van der Waals surface area contributed by atoms with Crippen LogP contribution in [0.5, 0.6) is 0 Å². The Balaban J connectivity index is 2.39. The van der Waals surface area contributed by atoms with Crippen LogP contribution in [0.25, 0.3) is 0 Å². The van der Waals surface area contributed by atoms with Gasteiger partial charge in [-0.1, -0.05) is 6.08 Å². The lowest BCUT2D eigenvalue weighted by Gasteiger charge is -2.10. The van der Waals surface area contributed by atoms with Crippen molar-refractivity contribution >= 4 is 5.71 Å². The largest absolute Gasteiger partial charge is 0.472 e. The summed E-state index contributed by atoms with van der Waals surface area (Å²) in [6, 6.07) is 0. The predicted octanol–water partition coefficient (Wildman–Crippen LogP) is 1.77. The van der Waals surface area contributed by atoms with Gasteiger partial charge in [-0.2, -0.15) is 0 Å². The third-order valence-electron chi connectivity index (χ3n) is 1.50. The average Bonchev–Trinajstić information content (AvgIpc) is 2.05. The van der Waals surface area contributed by atoms with Gasteiger partial charge in [-0.3, -0.25) is 4.99 Å². The maximum absolute atomic E-state index is 4.98. The van der Waals surface area contributed by atoms with E-state index in [0.29, 0.717) is 0 Å². The van der Waals surface area contributed by atoms with Gasteiger partial charge < -0.3 is 4.74 Å². The van der Waals surface area contributed by atoms with Gasteiger partial charge in [-0.15, -0.1) is 0 Å². The zero-order valence-corrected chi connectivity index (χ0v) is 5.45. The zero-order chi connectivity index (χ0) is 6.81. The van der Waals surface area contributed by atoms with E-state index in [0.717, 1.165) is 17.7 Å². The van der Waals surface area contributed by atoms with Crippen molar-refractivity contribution in [3.8, 4) is 0 Å². The summed E-state index contributed by atoms with van der Waals surface area (Å²) in [6.07, 6.45) is 10.0. The number of allylic oxidation sites excluding steroid dienone is 3. The zero-order valence-electron chi connectivity index (χ0n) is 5.45. The first-order chi connectivity index (χ1) is 4.97. The van der Waals surface area contributed by atoms with Crippen molar-refractivity contribution in [1.29, 1.82) is 0 Å². The minimum Gasteiger partial charge on any atom is -0.472 e. The van der Waals surface area contributed by atoms with Gasteiger partial charge in [0.05, 0.1) is 18.2 Å². The molecule has 2 heterocycles. The van der Waals surface area contributed by atoms with E-state index in [-0.39, 0.29) is 0 Å². The number of ether oxygens (including phenoxy) is 1. The van der Waals surface area contributed by atoms with Crippen LogP contribution in [0.1, 0.15) is 6.42 Å². The van der Waals surface area contributed by atoms with Gasteiger partial charge in [-0.25, -0.2) is 0 Å². The number of hydrogen-bond acceptors (Lipinski definition) is 2. The van der Waals surface area contributed by atoms with Crippen LogP contribution in [0.3, 0.4) is 0 Å². The van der Waals surface area contributed by atoms with Gasteiger partial charge in [0.25, 0.3) is 0 Å². The van der Waals surface area contributed by atoms with E-state index < -0.39 is 0 Å². The van der Waals surface area contributed by atoms with Gasteiger partial charge >= 0.3 is 0 Å². The summed E-state index contributed by atoms with van der Waals surface area (Å²) in [4.78, 5) is 4.15. The van der Waals surface area contributed by atoms with E-state index in [1.54, 1.807) is 12.5 Å². The first kappa shape index (κ1) is 5.47. The molecule has 2 aliphatic heterocycles. The molecule has 2 aliphatic rings. The molecule has 2 rings (SSSR count). The van der Waals surface area contributed by atoms with Crippen LogP contribution in [0, 0.1) is 0 Å². The Kier molecular flexibility index (Phi) is 1.17. The van der Waals surface area contributed by atoms with Crippen LogP contribution in [-0.4, -0.2) is 5.71 Å². The molecular formula is C8H7NO. The molecule has 50 valence electrons. The number of nitrogens with zero attached hydrogens (tertiary/aromatic N) is 1. The quantitative estimate of drug-likeness (QED) is 0.493. The summed E-state index contributed by atoms with van der Waals surface area (Å²) in [7, 11) is 0. The fraction of sp³-hybridized carbons (Fsp3) is 0.125. The number of rotatable bonds is 0. The van der Waals surface area contributed by atoms with E-state index in [9.17, 15) is 0 Å². The maximum Gasteiger partial charge on any atom is 0.0958 e. The molecule has 0 fully saturated rings. The molecule has 0 aromatic carbocycles. The van der Waals surface area contributed by atoms with Gasteiger partial charge in [-0.05, 0) is 12.5 Å². The van der Waals surface area contributed by atoms with E-state index >= 15 is 0 Å². The van der Waals surface area contributed by atoms with E-state index in [2.05, 4.69) is 4.99 Å². The second kappa shape index (κ2) is 2.14. The number of fused-ring (bicyclic) bond motifs is 1. The minimum absolute atomic E-state index is 0.934. The van der Waals surface area contributed by atoms with Crippen molar-refractivity contribution in [2.24, 2.45) is 4.99 Å².